The zero-order chi connectivity index (χ0) is 16.4. The highest BCUT2D eigenvalue weighted by Gasteiger charge is 2.20. The molecule has 1 atom stereocenters. The third-order valence-corrected chi connectivity index (χ3v) is 3.50. The molecule has 1 unspecified atom stereocenters. The van der Waals surface area contributed by atoms with Crippen molar-refractivity contribution in [2.45, 2.75) is 6.04 Å². The van der Waals surface area contributed by atoms with Crippen molar-refractivity contribution in [2.75, 3.05) is 6.61 Å². The zero-order valence-electron chi connectivity index (χ0n) is 11.9. The maximum atomic E-state index is 12.4. The Bertz CT molecular complexity index is 853. The minimum atomic E-state index is -0.693. The average Bonchev–Trinajstić information content (AvgIpc) is 3.20. The van der Waals surface area contributed by atoms with Crippen molar-refractivity contribution in [1.29, 1.82) is 0 Å². The lowest BCUT2D eigenvalue weighted by molar-refractivity contribution is -0.384. The standard InChI is InChI=1S/C15H13N3O5/c19-8-13(14-2-1-5-23-14)17-15(20)11-7-16-12-4-3-9(18(21)22)6-10(11)12/h1-7,13,16,19H,8H2,(H,17,20). The van der Waals surface area contributed by atoms with Gasteiger partial charge in [-0.15, -0.1) is 0 Å². The molecule has 0 fully saturated rings. The fourth-order valence-corrected chi connectivity index (χ4v) is 2.34. The summed E-state index contributed by atoms with van der Waals surface area (Å²) in [6.45, 7) is -0.332. The number of aliphatic hydroxyl groups is 1. The number of aliphatic hydroxyl groups excluding tert-OH is 1. The van der Waals surface area contributed by atoms with Gasteiger partial charge in [0.1, 0.15) is 11.8 Å². The van der Waals surface area contributed by atoms with Gasteiger partial charge in [-0.25, -0.2) is 0 Å². The minimum Gasteiger partial charge on any atom is -0.467 e. The first kappa shape index (κ1) is 14.8. The summed E-state index contributed by atoms with van der Waals surface area (Å²) in [5.41, 5.74) is 0.767. The highest BCUT2D eigenvalue weighted by Crippen LogP contribution is 2.24. The topological polar surface area (TPSA) is 121 Å². The fourth-order valence-electron chi connectivity index (χ4n) is 2.34. The number of nitro benzene ring substituents is 1. The Morgan fingerprint density at radius 1 is 1.43 bits per heavy atom. The molecule has 8 heteroatoms. The molecule has 118 valence electrons. The van der Waals surface area contributed by atoms with E-state index in [-0.39, 0.29) is 17.9 Å². The van der Waals surface area contributed by atoms with Crippen LogP contribution in [0.3, 0.4) is 0 Å². The maximum absolute atomic E-state index is 12.4. The molecule has 0 radical (unpaired) electrons. The van der Waals surface area contributed by atoms with Crippen molar-refractivity contribution in [3.8, 4) is 0 Å². The molecule has 8 nitrogen and oxygen atoms in total. The lowest BCUT2D eigenvalue weighted by atomic mass is 10.1. The van der Waals surface area contributed by atoms with Gasteiger partial charge in [0.2, 0.25) is 0 Å². The van der Waals surface area contributed by atoms with Crippen LogP contribution in [0.4, 0.5) is 5.69 Å². The van der Waals surface area contributed by atoms with E-state index < -0.39 is 16.9 Å². The van der Waals surface area contributed by atoms with Crippen molar-refractivity contribution in [2.24, 2.45) is 0 Å². The molecule has 0 aliphatic carbocycles. The number of furan rings is 1. The molecule has 1 amide bonds. The van der Waals surface area contributed by atoms with Gasteiger partial charge >= 0.3 is 0 Å². The van der Waals surface area contributed by atoms with Crippen LogP contribution in [0.15, 0.2) is 47.2 Å². The van der Waals surface area contributed by atoms with Gasteiger partial charge in [-0.05, 0) is 18.2 Å². The first-order valence-corrected chi connectivity index (χ1v) is 6.81. The molecular formula is C15H13N3O5. The van der Waals surface area contributed by atoms with E-state index in [1.54, 1.807) is 18.2 Å². The Morgan fingerprint density at radius 3 is 2.91 bits per heavy atom. The van der Waals surface area contributed by atoms with E-state index in [4.69, 9.17) is 4.42 Å². The van der Waals surface area contributed by atoms with E-state index in [2.05, 4.69) is 10.3 Å². The van der Waals surface area contributed by atoms with E-state index >= 15 is 0 Å². The molecule has 2 heterocycles. The summed E-state index contributed by atoms with van der Waals surface area (Å²) in [6.07, 6.45) is 2.92. The van der Waals surface area contributed by atoms with Gasteiger partial charge in [0, 0.05) is 29.2 Å². The second kappa shape index (κ2) is 5.93. The number of aromatic nitrogens is 1. The molecule has 2 aromatic heterocycles. The van der Waals surface area contributed by atoms with Crippen LogP contribution in [-0.4, -0.2) is 27.5 Å². The zero-order valence-corrected chi connectivity index (χ0v) is 11.9. The van der Waals surface area contributed by atoms with Crippen molar-refractivity contribution in [1.82, 2.24) is 10.3 Å². The smallest absolute Gasteiger partial charge is 0.270 e. The number of nitro groups is 1. The highest BCUT2D eigenvalue weighted by molar-refractivity contribution is 6.07. The summed E-state index contributed by atoms with van der Waals surface area (Å²) in [4.78, 5) is 25.7. The van der Waals surface area contributed by atoms with Gasteiger partial charge < -0.3 is 19.8 Å². The van der Waals surface area contributed by atoms with E-state index in [0.717, 1.165) is 0 Å². The molecule has 1 aromatic carbocycles. The number of carbonyl (C=O) groups excluding carboxylic acids is 1. The van der Waals surface area contributed by atoms with Crippen LogP contribution < -0.4 is 5.32 Å². The Balaban J connectivity index is 1.91. The monoisotopic (exact) mass is 315 g/mol. The molecule has 0 bridgehead atoms. The lowest BCUT2D eigenvalue weighted by Gasteiger charge is -2.13. The summed E-state index contributed by atoms with van der Waals surface area (Å²) in [5, 5.41) is 23.4. The van der Waals surface area contributed by atoms with Crippen LogP contribution in [-0.2, 0) is 0 Å². The number of rotatable bonds is 5. The second-order valence-electron chi connectivity index (χ2n) is 4.91. The van der Waals surface area contributed by atoms with Gasteiger partial charge in [-0.1, -0.05) is 0 Å². The Morgan fingerprint density at radius 2 is 2.26 bits per heavy atom. The minimum absolute atomic E-state index is 0.101. The number of aromatic amines is 1. The maximum Gasteiger partial charge on any atom is 0.270 e. The van der Waals surface area contributed by atoms with Crippen LogP contribution in [0, 0.1) is 10.1 Å². The van der Waals surface area contributed by atoms with Gasteiger partial charge in [-0.3, -0.25) is 14.9 Å². The number of non-ortho nitro benzene ring substituents is 1. The van der Waals surface area contributed by atoms with Gasteiger partial charge in [0.15, 0.2) is 0 Å². The summed E-state index contributed by atoms with van der Waals surface area (Å²) in [7, 11) is 0. The normalized spacial score (nSPS) is 12.2. The fraction of sp³-hybridized carbons (Fsp3) is 0.133. The molecule has 0 saturated carbocycles. The second-order valence-corrected chi connectivity index (χ2v) is 4.91. The molecule has 3 rings (SSSR count). The van der Waals surface area contributed by atoms with Crippen molar-refractivity contribution in [3.63, 3.8) is 0 Å². The Kier molecular flexibility index (Phi) is 3.82. The van der Waals surface area contributed by atoms with E-state index in [9.17, 15) is 20.0 Å². The first-order valence-electron chi connectivity index (χ1n) is 6.81. The van der Waals surface area contributed by atoms with E-state index in [0.29, 0.717) is 16.7 Å². The van der Waals surface area contributed by atoms with E-state index in [1.165, 1.54) is 24.6 Å². The van der Waals surface area contributed by atoms with Crippen LogP contribution in [0.25, 0.3) is 10.9 Å². The quantitative estimate of drug-likeness (QED) is 0.492. The average molecular weight is 315 g/mol. The van der Waals surface area contributed by atoms with Gasteiger partial charge in [0.05, 0.1) is 23.4 Å². The third-order valence-electron chi connectivity index (χ3n) is 3.50. The third kappa shape index (κ3) is 2.79. The number of hydrogen-bond donors (Lipinski definition) is 3. The predicted octanol–water partition coefficient (Wildman–Crippen LogP) is 2.13. The molecule has 0 saturated heterocycles. The molecule has 0 aliphatic rings. The molecule has 0 spiro atoms. The van der Waals surface area contributed by atoms with Crippen LogP contribution in [0.1, 0.15) is 22.2 Å². The number of hydrogen-bond acceptors (Lipinski definition) is 5. The molecular weight excluding hydrogens is 302 g/mol. The lowest BCUT2D eigenvalue weighted by Crippen LogP contribution is -2.30. The molecule has 3 N–H and O–H groups in total. The van der Waals surface area contributed by atoms with Crippen molar-refractivity contribution in [3.05, 3.63) is 64.2 Å². The summed E-state index contributed by atoms with van der Waals surface area (Å²) in [5.74, 6) is -0.0427. The SMILES string of the molecule is O=C(NC(CO)c1ccco1)c1c[nH]c2ccc([N+](=O)[O-])cc12. The van der Waals surface area contributed by atoms with Crippen LogP contribution in [0.2, 0.25) is 0 Å². The van der Waals surface area contributed by atoms with E-state index in [1.807, 2.05) is 0 Å². The number of fused-ring (bicyclic) bond motifs is 1. The number of carbonyl (C=O) groups is 1. The Hall–Kier alpha value is -3.13. The Labute approximate surface area is 129 Å². The van der Waals surface area contributed by atoms with Crippen molar-refractivity contribution < 1.29 is 19.2 Å². The first-order chi connectivity index (χ1) is 11.1. The van der Waals surface area contributed by atoms with Crippen LogP contribution in [0.5, 0.6) is 0 Å². The van der Waals surface area contributed by atoms with Gasteiger partial charge in [-0.2, -0.15) is 0 Å². The molecule has 0 aliphatic heterocycles. The predicted molar refractivity (Wildman–Crippen MR) is 81.0 cm³/mol. The molecule has 23 heavy (non-hydrogen) atoms. The highest BCUT2D eigenvalue weighted by atomic mass is 16.6. The largest absolute Gasteiger partial charge is 0.467 e. The summed E-state index contributed by atoms with van der Waals surface area (Å²) in [6, 6.07) is 6.84. The summed E-state index contributed by atoms with van der Waals surface area (Å²) < 4.78 is 5.17. The number of nitrogens with zero attached hydrogens (tertiary/aromatic N) is 1. The number of benzene rings is 1. The number of amides is 1. The number of H-pyrrole nitrogens is 1. The number of nitrogens with one attached hydrogen (secondary N) is 2. The van der Waals surface area contributed by atoms with Crippen LogP contribution >= 0.6 is 0 Å². The van der Waals surface area contributed by atoms with Crippen molar-refractivity contribution >= 4 is 22.5 Å². The van der Waals surface area contributed by atoms with Gasteiger partial charge in [0.25, 0.3) is 11.6 Å². The molecule has 3 aromatic rings. The summed E-state index contributed by atoms with van der Waals surface area (Å²) >= 11 is 0.